The maximum atomic E-state index is 14.4. The number of hydrogen-bond donors (Lipinski definition) is 1. The van der Waals surface area contributed by atoms with E-state index in [1.165, 1.54) is 42.5 Å². The van der Waals surface area contributed by atoms with Crippen LogP contribution in [0.4, 0.5) is 27.6 Å². The van der Waals surface area contributed by atoms with Crippen molar-refractivity contribution in [2.45, 2.75) is 50.8 Å². The first-order chi connectivity index (χ1) is 17.5. The largest absolute Gasteiger partial charge is 0.456 e. The van der Waals surface area contributed by atoms with Crippen molar-refractivity contribution in [2.24, 2.45) is 0 Å². The third-order valence-electron chi connectivity index (χ3n) is 6.74. The monoisotopic (exact) mass is 517 g/mol. The van der Waals surface area contributed by atoms with Crippen LogP contribution < -0.4 is 10.1 Å². The number of anilines is 1. The lowest BCUT2D eigenvalue weighted by Gasteiger charge is -2.19. The normalized spacial score (nSPS) is 17.9. The third kappa shape index (κ3) is 5.46. The highest BCUT2D eigenvalue weighted by atomic mass is 19.4. The fourth-order valence-corrected chi connectivity index (χ4v) is 4.39. The van der Waals surface area contributed by atoms with E-state index in [0.29, 0.717) is 30.6 Å². The highest BCUT2D eigenvalue weighted by Gasteiger charge is 2.40. The second-order valence-corrected chi connectivity index (χ2v) is 9.57. The zero-order valence-corrected chi connectivity index (χ0v) is 20.1. The number of epoxide rings is 1. The van der Waals surface area contributed by atoms with Gasteiger partial charge in [0.15, 0.2) is 0 Å². The first-order valence-corrected chi connectivity index (χ1v) is 11.9. The predicted molar refractivity (Wildman–Crippen MR) is 127 cm³/mol. The Kier molecular flexibility index (Phi) is 6.43. The number of ether oxygens (including phenoxy) is 2. The molecule has 2 aliphatic rings. The molecule has 9 heteroatoms. The molecular weight excluding hydrogens is 493 g/mol. The van der Waals surface area contributed by atoms with E-state index in [2.05, 4.69) is 5.32 Å². The number of halogens is 5. The number of nitrogens with one attached hydrogen (secondary N) is 1. The number of amides is 1. The summed E-state index contributed by atoms with van der Waals surface area (Å²) in [5, 5.41) is 2.58. The Bertz CT molecular complexity index is 1360. The summed E-state index contributed by atoms with van der Waals surface area (Å²) >= 11 is 0. The van der Waals surface area contributed by atoms with E-state index in [1.54, 1.807) is 13.8 Å². The first kappa shape index (κ1) is 25.2. The second-order valence-electron chi connectivity index (χ2n) is 9.57. The van der Waals surface area contributed by atoms with Gasteiger partial charge < -0.3 is 14.8 Å². The maximum absolute atomic E-state index is 14.4. The molecule has 1 aliphatic carbocycles. The number of carbonyl (C=O) groups is 1. The van der Waals surface area contributed by atoms with Crippen LogP contribution in [-0.4, -0.2) is 18.6 Å². The first-order valence-electron chi connectivity index (χ1n) is 11.9. The van der Waals surface area contributed by atoms with Gasteiger partial charge in [0.25, 0.3) is 5.91 Å². The molecule has 4 nitrogen and oxygen atoms in total. The minimum atomic E-state index is -4.68. The zero-order valence-electron chi connectivity index (χ0n) is 20.1. The Labute approximate surface area is 210 Å². The SMILES string of the molecule is Cc1cc(F)ccc1Oc1cc(C2CC2)c(C(F)(F)F)cc1C(=O)Nc1ccc(F)c(C(C)C2CO2)c1. The van der Waals surface area contributed by atoms with Crippen molar-refractivity contribution in [1.29, 1.82) is 0 Å². The van der Waals surface area contributed by atoms with Crippen molar-refractivity contribution >= 4 is 11.6 Å². The molecular formula is C28H24F5NO3. The van der Waals surface area contributed by atoms with Gasteiger partial charge in [0.1, 0.15) is 23.1 Å². The van der Waals surface area contributed by atoms with E-state index in [-0.39, 0.29) is 46.3 Å². The summed E-state index contributed by atoms with van der Waals surface area (Å²) in [6.45, 7) is 3.90. The fraction of sp³-hybridized carbons (Fsp3) is 0.321. The summed E-state index contributed by atoms with van der Waals surface area (Å²) in [4.78, 5) is 13.3. The number of hydrogen-bond acceptors (Lipinski definition) is 3. The Morgan fingerprint density at radius 3 is 2.41 bits per heavy atom. The lowest BCUT2D eigenvalue weighted by molar-refractivity contribution is -0.138. The van der Waals surface area contributed by atoms with Gasteiger partial charge in [-0.25, -0.2) is 8.78 Å². The average Bonchev–Trinajstić information content (AvgIpc) is 3.74. The molecule has 1 saturated heterocycles. The van der Waals surface area contributed by atoms with E-state index in [0.717, 1.165) is 6.07 Å². The quantitative estimate of drug-likeness (QED) is 0.258. The summed E-state index contributed by atoms with van der Waals surface area (Å²) < 4.78 is 81.1. The van der Waals surface area contributed by atoms with Crippen LogP contribution in [0.5, 0.6) is 11.5 Å². The molecule has 2 atom stereocenters. The second kappa shape index (κ2) is 9.45. The molecule has 3 aromatic carbocycles. The summed E-state index contributed by atoms with van der Waals surface area (Å²) in [6.07, 6.45) is -3.60. The Morgan fingerprint density at radius 2 is 1.78 bits per heavy atom. The average molecular weight is 517 g/mol. The molecule has 1 amide bonds. The van der Waals surface area contributed by atoms with Gasteiger partial charge in [-0.3, -0.25) is 4.79 Å². The Balaban J connectivity index is 1.54. The molecule has 3 aromatic rings. The van der Waals surface area contributed by atoms with Crippen LogP contribution >= 0.6 is 0 Å². The molecule has 37 heavy (non-hydrogen) atoms. The van der Waals surface area contributed by atoms with Crippen LogP contribution in [-0.2, 0) is 10.9 Å². The van der Waals surface area contributed by atoms with Crippen molar-refractivity contribution < 1.29 is 36.2 Å². The molecule has 5 rings (SSSR count). The number of alkyl halides is 3. The van der Waals surface area contributed by atoms with E-state index >= 15 is 0 Å². The third-order valence-corrected chi connectivity index (χ3v) is 6.74. The van der Waals surface area contributed by atoms with E-state index in [4.69, 9.17) is 9.47 Å². The number of aryl methyl sites for hydroxylation is 1. The molecule has 1 saturated carbocycles. The lowest BCUT2D eigenvalue weighted by Crippen LogP contribution is -2.17. The lowest BCUT2D eigenvalue weighted by atomic mass is 9.96. The van der Waals surface area contributed by atoms with Gasteiger partial charge in [0, 0.05) is 11.6 Å². The van der Waals surface area contributed by atoms with Crippen LogP contribution in [0.25, 0.3) is 0 Å². The summed E-state index contributed by atoms with van der Waals surface area (Å²) in [5.41, 5.74) is -0.219. The van der Waals surface area contributed by atoms with Crippen LogP contribution in [0.15, 0.2) is 48.5 Å². The molecule has 1 N–H and O–H groups in total. The van der Waals surface area contributed by atoms with E-state index in [1.807, 2.05) is 0 Å². The van der Waals surface area contributed by atoms with Crippen molar-refractivity contribution in [1.82, 2.24) is 0 Å². The number of carbonyl (C=O) groups excluding carboxylic acids is 1. The maximum Gasteiger partial charge on any atom is 0.416 e. The van der Waals surface area contributed by atoms with Gasteiger partial charge in [-0.15, -0.1) is 0 Å². The van der Waals surface area contributed by atoms with Crippen molar-refractivity contribution in [3.05, 3.63) is 88.0 Å². The van der Waals surface area contributed by atoms with Gasteiger partial charge in [-0.1, -0.05) is 6.92 Å². The summed E-state index contributed by atoms with van der Waals surface area (Å²) in [5.74, 6) is -2.22. The van der Waals surface area contributed by atoms with Crippen LogP contribution in [0.2, 0.25) is 0 Å². The fourth-order valence-electron chi connectivity index (χ4n) is 4.39. The van der Waals surface area contributed by atoms with Crippen molar-refractivity contribution in [2.75, 3.05) is 11.9 Å². The summed E-state index contributed by atoms with van der Waals surface area (Å²) in [7, 11) is 0. The molecule has 0 spiro atoms. The van der Waals surface area contributed by atoms with Crippen molar-refractivity contribution in [3.63, 3.8) is 0 Å². The van der Waals surface area contributed by atoms with Gasteiger partial charge in [-0.2, -0.15) is 13.2 Å². The molecule has 2 fully saturated rings. The molecule has 0 bridgehead atoms. The highest BCUT2D eigenvalue weighted by Crippen LogP contribution is 2.48. The summed E-state index contributed by atoms with van der Waals surface area (Å²) in [6, 6.07) is 9.78. The van der Waals surface area contributed by atoms with Crippen LogP contribution in [0.3, 0.4) is 0 Å². The molecule has 194 valence electrons. The van der Waals surface area contributed by atoms with Crippen LogP contribution in [0, 0.1) is 18.6 Å². The standard InChI is InChI=1S/C28H24F5NO3/c1-14-9-17(29)5-8-24(14)37-25-12-20(16-3-4-16)22(28(31,32)33)11-21(25)27(35)34-18-6-7-23(30)19(10-18)15(2)26-13-36-26/h5-12,15-16,26H,3-4,13H2,1-2H3,(H,34,35). The van der Waals surface area contributed by atoms with Gasteiger partial charge >= 0.3 is 6.18 Å². The molecule has 2 unspecified atom stereocenters. The topological polar surface area (TPSA) is 50.9 Å². The van der Waals surface area contributed by atoms with Crippen LogP contribution in [0.1, 0.15) is 64.2 Å². The van der Waals surface area contributed by atoms with Gasteiger partial charge in [0.2, 0.25) is 0 Å². The van der Waals surface area contributed by atoms with Gasteiger partial charge in [-0.05, 0) is 90.9 Å². The molecule has 0 aromatic heterocycles. The molecule has 1 heterocycles. The smallest absolute Gasteiger partial charge is 0.416 e. The van der Waals surface area contributed by atoms with E-state index in [9.17, 15) is 26.7 Å². The number of rotatable bonds is 7. The Morgan fingerprint density at radius 1 is 1.05 bits per heavy atom. The van der Waals surface area contributed by atoms with Crippen molar-refractivity contribution in [3.8, 4) is 11.5 Å². The minimum Gasteiger partial charge on any atom is -0.456 e. The molecule has 1 aliphatic heterocycles. The number of benzene rings is 3. The van der Waals surface area contributed by atoms with Gasteiger partial charge in [0.05, 0.1) is 23.8 Å². The molecule has 0 radical (unpaired) electrons. The zero-order chi connectivity index (χ0) is 26.5. The van der Waals surface area contributed by atoms with E-state index < -0.39 is 29.3 Å². The minimum absolute atomic E-state index is 0.0566. The Hall–Kier alpha value is -3.46. The predicted octanol–water partition coefficient (Wildman–Crippen LogP) is 7.72. The highest BCUT2D eigenvalue weighted by molar-refractivity contribution is 6.06.